The second-order valence-electron chi connectivity index (χ2n) is 6.16. The van der Waals surface area contributed by atoms with E-state index in [1.54, 1.807) is 0 Å². The number of hydrogen-bond acceptors (Lipinski definition) is 2. The highest BCUT2D eigenvalue weighted by molar-refractivity contribution is 5.32. The van der Waals surface area contributed by atoms with E-state index < -0.39 is 0 Å². The van der Waals surface area contributed by atoms with Gasteiger partial charge in [0.05, 0.1) is 0 Å². The Balaban J connectivity index is 2.08. The van der Waals surface area contributed by atoms with Crippen LogP contribution in [0, 0.1) is 19.8 Å². The van der Waals surface area contributed by atoms with Gasteiger partial charge in [0.15, 0.2) is 0 Å². The Kier molecular flexibility index (Phi) is 6.06. The third kappa shape index (κ3) is 4.32. The lowest BCUT2D eigenvalue weighted by molar-refractivity contribution is 0.0605. The standard InChI is InChI=1S/C18H29NO/c1-4-9-19-18(13-16-7-10-20-11-8-16)17-6-5-14(2)12-15(17)3/h5-6,12,16,18-19H,4,7-11,13H2,1-3H3. The lowest BCUT2D eigenvalue weighted by Gasteiger charge is -2.28. The third-order valence-corrected chi connectivity index (χ3v) is 4.35. The van der Waals surface area contributed by atoms with Crippen LogP contribution in [0.5, 0.6) is 0 Å². The van der Waals surface area contributed by atoms with E-state index in [4.69, 9.17) is 4.74 Å². The molecule has 1 aromatic rings. The third-order valence-electron chi connectivity index (χ3n) is 4.35. The topological polar surface area (TPSA) is 21.3 Å². The first-order chi connectivity index (χ1) is 9.70. The number of rotatable bonds is 6. The zero-order valence-electron chi connectivity index (χ0n) is 13.2. The molecule has 0 amide bonds. The quantitative estimate of drug-likeness (QED) is 0.841. The molecular weight excluding hydrogens is 246 g/mol. The molecule has 20 heavy (non-hydrogen) atoms. The lowest BCUT2D eigenvalue weighted by atomic mass is 9.87. The molecule has 0 saturated carbocycles. The van der Waals surface area contributed by atoms with Gasteiger partial charge >= 0.3 is 0 Å². The molecule has 1 aliphatic rings. The molecule has 1 heterocycles. The van der Waals surface area contributed by atoms with E-state index in [2.05, 4.69) is 44.3 Å². The first kappa shape index (κ1) is 15.5. The van der Waals surface area contributed by atoms with Gasteiger partial charge in [-0.05, 0) is 63.1 Å². The summed E-state index contributed by atoms with van der Waals surface area (Å²) >= 11 is 0. The van der Waals surface area contributed by atoms with Crippen molar-refractivity contribution in [2.75, 3.05) is 19.8 Å². The summed E-state index contributed by atoms with van der Waals surface area (Å²) in [4.78, 5) is 0. The van der Waals surface area contributed by atoms with Crippen molar-refractivity contribution in [2.45, 2.75) is 52.5 Å². The van der Waals surface area contributed by atoms with Gasteiger partial charge in [-0.3, -0.25) is 0 Å². The average Bonchev–Trinajstić information content (AvgIpc) is 2.45. The van der Waals surface area contributed by atoms with Crippen LogP contribution in [0.15, 0.2) is 18.2 Å². The molecule has 1 unspecified atom stereocenters. The van der Waals surface area contributed by atoms with Crippen molar-refractivity contribution in [1.82, 2.24) is 5.32 Å². The minimum Gasteiger partial charge on any atom is -0.381 e. The molecule has 0 aromatic heterocycles. The molecule has 0 aliphatic carbocycles. The van der Waals surface area contributed by atoms with Crippen LogP contribution in [0.25, 0.3) is 0 Å². The molecule has 2 rings (SSSR count). The molecule has 112 valence electrons. The monoisotopic (exact) mass is 275 g/mol. The van der Waals surface area contributed by atoms with Gasteiger partial charge in [-0.1, -0.05) is 30.7 Å². The van der Waals surface area contributed by atoms with Crippen molar-refractivity contribution < 1.29 is 4.74 Å². The van der Waals surface area contributed by atoms with Crippen molar-refractivity contribution in [3.8, 4) is 0 Å². The number of hydrogen-bond donors (Lipinski definition) is 1. The van der Waals surface area contributed by atoms with Crippen LogP contribution in [0.3, 0.4) is 0 Å². The fourth-order valence-corrected chi connectivity index (χ4v) is 3.17. The molecule has 1 saturated heterocycles. The summed E-state index contributed by atoms with van der Waals surface area (Å²) in [6, 6.07) is 7.36. The predicted molar refractivity (Wildman–Crippen MR) is 85.1 cm³/mol. The number of benzene rings is 1. The fraction of sp³-hybridized carbons (Fsp3) is 0.667. The molecule has 1 fully saturated rings. The molecule has 1 N–H and O–H groups in total. The highest BCUT2D eigenvalue weighted by Crippen LogP contribution is 2.29. The van der Waals surface area contributed by atoms with Crippen LogP contribution >= 0.6 is 0 Å². The van der Waals surface area contributed by atoms with Crippen molar-refractivity contribution in [2.24, 2.45) is 5.92 Å². The average molecular weight is 275 g/mol. The van der Waals surface area contributed by atoms with Crippen LogP contribution in [0.4, 0.5) is 0 Å². The van der Waals surface area contributed by atoms with E-state index in [-0.39, 0.29) is 0 Å². The summed E-state index contributed by atoms with van der Waals surface area (Å²) < 4.78 is 5.49. The number of ether oxygens (including phenoxy) is 1. The Labute approximate surface area is 123 Å². The Bertz CT molecular complexity index is 410. The number of nitrogens with one attached hydrogen (secondary N) is 1. The first-order valence-electron chi connectivity index (χ1n) is 8.09. The van der Waals surface area contributed by atoms with E-state index in [1.807, 2.05) is 0 Å². The van der Waals surface area contributed by atoms with Crippen LogP contribution in [-0.2, 0) is 4.74 Å². The van der Waals surface area contributed by atoms with Gasteiger partial charge in [0.2, 0.25) is 0 Å². The molecule has 2 heteroatoms. The maximum Gasteiger partial charge on any atom is 0.0468 e. The van der Waals surface area contributed by atoms with Crippen LogP contribution in [0.1, 0.15) is 55.3 Å². The Hall–Kier alpha value is -0.860. The van der Waals surface area contributed by atoms with Gasteiger partial charge < -0.3 is 10.1 Å². The highest BCUT2D eigenvalue weighted by atomic mass is 16.5. The van der Waals surface area contributed by atoms with Crippen molar-refractivity contribution in [3.05, 3.63) is 34.9 Å². The molecule has 1 aliphatic heterocycles. The van der Waals surface area contributed by atoms with Gasteiger partial charge in [-0.15, -0.1) is 0 Å². The minimum absolute atomic E-state index is 0.499. The van der Waals surface area contributed by atoms with Crippen molar-refractivity contribution in [3.63, 3.8) is 0 Å². The highest BCUT2D eigenvalue weighted by Gasteiger charge is 2.21. The summed E-state index contributed by atoms with van der Waals surface area (Å²) in [6.45, 7) is 9.63. The summed E-state index contributed by atoms with van der Waals surface area (Å²) in [5.41, 5.74) is 4.26. The van der Waals surface area contributed by atoms with Gasteiger partial charge in [0.1, 0.15) is 0 Å². The summed E-state index contributed by atoms with van der Waals surface area (Å²) in [5.74, 6) is 0.804. The van der Waals surface area contributed by atoms with Crippen LogP contribution < -0.4 is 5.32 Å². The van der Waals surface area contributed by atoms with E-state index in [9.17, 15) is 0 Å². The van der Waals surface area contributed by atoms with Gasteiger partial charge in [-0.2, -0.15) is 0 Å². The second-order valence-corrected chi connectivity index (χ2v) is 6.16. The zero-order chi connectivity index (χ0) is 14.4. The fourth-order valence-electron chi connectivity index (χ4n) is 3.17. The van der Waals surface area contributed by atoms with E-state index in [0.29, 0.717) is 6.04 Å². The van der Waals surface area contributed by atoms with Crippen LogP contribution in [0.2, 0.25) is 0 Å². The van der Waals surface area contributed by atoms with Crippen LogP contribution in [-0.4, -0.2) is 19.8 Å². The molecule has 0 radical (unpaired) electrons. The SMILES string of the molecule is CCCNC(CC1CCOCC1)c1ccc(C)cc1C. The molecule has 1 aromatic carbocycles. The van der Waals surface area contributed by atoms with Crippen molar-refractivity contribution >= 4 is 0 Å². The molecule has 2 nitrogen and oxygen atoms in total. The first-order valence-corrected chi connectivity index (χ1v) is 8.09. The predicted octanol–water partition coefficient (Wildman–Crippen LogP) is 4.16. The molecular formula is C18H29NO. The Morgan fingerprint density at radius 1 is 1.25 bits per heavy atom. The van der Waals surface area contributed by atoms with E-state index in [1.165, 1.54) is 42.4 Å². The van der Waals surface area contributed by atoms with Crippen molar-refractivity contribution in [1.29, 1.82) is 0 Å². The zero-order valence-corrected chi connectivity index (χ0v) is 13.2. The Morgan fingerprint density at radius 3 is 2.65 bits per heavy atom. The smallest absolute Gasteiger partial charge is 0.0468 e. The number of aryl methyl sites for hydroxylation is 2. The van der Waals surface area contributed by atoms with E-state index >= 15 is 0 Å². The Morgan fingerprint density at radius 2 is 2.00 bits per heavy atom. The molecule has 0 bridgehead atoms. The largest absolute Gasteiger partial charge is 0.381 e. The summed E-state index contributed by atoms with van der Waals surface area (Å²) in [6.07, 6.45) is 4.87. The van der Waals surface area contributed by atoms with Gasteiger partial charge in [0.25, 0.3) is 0 Å². The molecule has 1 atom stereocenters. The molecule has 0 spiro atoms. The minimum atomic E-state index is 0.499. The van der Waals surface area contributed by atoms with E-state index in [0.717, 1.165) is 25.7 Å². The lowest BCUT2D eigenvalue weighted by Crippen LogP contribution is -2.27. The summed E-state index contributed by atoms with van der Waals surface area (Å²) in [5, 5.41) is 3.75. The maximum absolute atomic E-state index is 5.49. The summed E-state index contributed by atoms with van der Waals surface area (Å²) in [7, 11) is 0. The van der Waals surface area contributed by atoms with Gasteiger partial charge in [0, 0.05) is 19.3 Å². The second kappa shape index (κ2) is 7.80. The normalized spacial score (nSPS) is 18.1. The maximum atomic E-state index is 5.49. The van der Waals surface area contributed by atoms with Gasteiger partial charge in [-0.25, -0.2) is 0 Å².